The van der Waals surface area contributed by atoms with Crippen molar-refractivity contribution in [3.63, 3.8) is 0 Å². The minimum atomic E-state index is -4.78. The standard InChI is InChI=1S/C75H113ClF3N13O12S/c1-13-48(4)64-71(102)86(7)43-62(95)84(5)44-63(96)88(9)58(39-49-25-17-14-18-26-49)69(100)85(6)42-60(93)81-55(32-30-50-29-31-53(54(76)38-50)75(77,78)79)68(99)89(10)57(40-52-45-105-46-80-52)67(98)83-74(33-21-22-34-74)73(104)91(12)65(51-27-19-15-20-28-51)72(103)90(11)59(70(101)92-35-23-16-24-36-92)41-61(94)87(8)56(37-47(2)3)66(97)82-64/h29,31,38,45-49,51,55-59,64-65H,13-28,30,32-37,39-44H2,1-12H3,(H,81,93)(H,82,97)(H,83,98)/t48-,55-,56-,57-,58-,59-,64-,65-/m0/s1. The fourth-order valence-electron chi connectivity index (χ4n) is 15.7. The second-order valence-corrected chi connectivity index (χ2v) is 31.8. The number of thiazole rings is 1. The van der Waals surface area contributed by atoms with Crippen LogP contribution in [0.1, 0.15) is 186 Å². The van der Waals surface area contributed by atoms with Gasteiger partial charge in [0, 0.05) is 81.3 Å². The van der Waals surface area contributed by atoms with Crippen LogP contribution in [0.3, 0.4) is 0 Å². The Kier molecular flexibility index (Phi) is 31.0. The number of likely N-dealkylation sites (N-methyl/N-ethyl adjacent to an activating group) is 8. The highest BCUT2D eigenvalue weighted by molar-refractivity contribution is 7.07. The molecule has 3 saturated carbocycles. The Bertz CT molecular complexity index is 3380. The highest BCUT2D eigenvalue weighted by atomic mass is 35.5. The topological polar surface area (TPSA) is 283 Å². The molecule has 2 aliphatic heterocycles. The summed E-state index contributed by atoms with van der Waals surface area (Å²) in [6.45, 7) is 6.33. The normalized spacial score (nSPS) is 25.7. The van der Waals surface area contributed by atoms with Crippen LogP contribution in [-0.2, 0) is 76.6 Å². The Labute approximate surface area is 626 Å². The van der Waals surface area contributed by atoms with Crippen molar-refractivity contribution < 1.29 is 70.7 Å². The van der Waals surface area contributed by atoms with Crippen LogP contribution in [0.2, 0.25) is 5.02 Å². The number of hydrogen-bond donors (Lipinski definition) is 3. The zero-order chi connectivity index (χ0) is 77.4. The number of aryl methyl sites for hydroxylation is 1. The van der Waals surface area contributed by atoms with Crippen molar-refractivity contribution in [3.8, 4) is 0 Å². The van der Waals surface area contributed by atoms with Gasteiger partial charge in [0.1, 0.15) is 47.8 Å². The molecule has 25 nitrogen and oxygen atoms in total. The van der Waals surface area contributed by atoms with E-state index in [0.29, 0.717) is 63.7 Å². The molecule has 1 aromatic heterocycles. The van der Waals surface area contributed by atoms with Gasteiger partial charge < -0.3 is 60.0 Å². The van der Waals surface area contributed by atoms with E-state index >= 15 is 28.8 Å². The van der Waals surface area contributed by atoms with Gasteiger partial charge in [0.2, 0.25) is 70.9 Å². The van der Waals surface area contributed by atoms with Crippen LogP contribution in [0.4, 0.5) is 13.2 Å². The van der Waals surface area contributed by atoms with Crippen molar-refractivity contribution in [3.05, 3.63) is 50.9 Å². The van der Waals surface area contributed by atoms with Gasteiger partial charge in [-0.05, 0) is 112 Å². The van der Waals surface area contributed by atoms with E-state index in [-0.39, 0.29) is 62.3 Å². The predicted octanol–water partition coefficient (Wildman–Crippen LogP) is 6.96. The van der Waals surface area contributed by atoms with Gasteiger partial charge in [-0.3, -0.25) is 57.5 Å². The predicted molar refractivity (Wildman–Crippen MR) is 391 cm³/mol. The number of hydrogen-bond acceptors (Lipinski definition) is 14. The molecule has 7 rings (SSSR count). The van der Waals surface area contributed by atoms with Crippen LogP contribution < -0.4 is 16.0 Å². The summed E-state index contributed by atoms with van der Waals surface area (Å²) in [5.74, 6) is -9.20. The van der Waals surface area contributed by atoms with Crippen LogP contribution in [0.5, 0.6) is 0 Å². The molecule has 105 heavy (non-hydrogen) atoms. The molecule has 3 aliphatic carbocycles. The van der Waals surface area contributed by atoms with Gasteiger partial charge in [-0.2, -0.15) is 13.2 Å². The van der Waals surface area contributed by atoms with E-state index < -0.39 is 173 Å². The molecular weight excluding hydrogens is 1400 g/mol. The van der Waals surface area contributed by atoms with Gasteiger partial charge in [0.05, 0.1) is 47.8 Å². The van der Waals surface area contributed by atoms with Crippen molar-refractivity contribution in [1.29, 1.82) is 0 Å². The Hall–Kier alpha value is -7.43. The van der Waals surface area contributed by atoms with Gasteiger partial charge in [-0.1, -0.05) is 116 Å². The van der Waals surface area contributed by atoms with Crippen LogP contribution in [0.25, 0.3) is 0 Å². The van der Waals surface area contributed by atoms with Crippen LogP contribution in [0, 0.1) is 23.7 Å². The molecule has 30 heteroatoms. The number of carbonyl (C=O) groups is 12. The number of benzene rings is 1. The molecule has 0 unspecified atom stereocenters. The third-order valence-corrected chi connectivity index (χ3v) is 23.5. The number of rotatable bonds is 13. The fourth-order valence-corrected chi connectivity index (χ4v) is 16.6. The fraction of sp³-hybridized carbons (Fsp3) is 0.720. The van der Waals surface area contributed by atoms with Crippen molar-refractivity contribution in [2.75, 3.05) is 89.1 Å². The first-order valence-corrected chi connectivity index (χ1v) is 38.9. The van der Waals surface area contributed by atoms with E-state index in [0.717, 1.165) is 89.5 Å². The lowest BCUT2D eigenvalue weighted by molar-refractivity contribution is -0.157. The summed E-state index contributed by atoms with van der Waals surface area (Å²) in [5, 5.41) is 9.84. The van der Waals surface area contributed by atoms with E-state index in [1.807, 2.05) is 20.8 Å². The summed E-state index contributed by atoms with van der Waals surface area (Å²) < 4.78 is 41.9. The zero-order valence-corrected chi connectivity index (χ0v) is 65.1. The van der Waals surface area contributed by atoms with Crippen molar-refractivity contribution in [2.24, 2.45) is 23.7 Å². The van der Waals surface area contributed by atoms with Crippen LogP contribution in [-0.4, -0.2) is 257 Å². The summed E-state index contributed by atoms with van der Waals surface area (Å²) in [5.41, 5.74) is -0.542. The molecule has 8 atom stereocenters. The molecule has 2 aromatic rings. The SMILES string of the molecule is CC[C@H](C)[C@@H]1NC(=O)[C@H](CC(C)C)N(C)C(=O)C[C@@H](C(=O)N2CCCCC2)N(C)C(=O)[C@H](C2CCCCC2)N(C)C(=O)C2(CCCC2)NC(=O)[C@H](Cc2cscn2)N(C)C(=O)[C@H](CCc2ccc(C(F)(F)F)c(Cl)c2)NC(=O)CN(C)C(=O)[C@H](CC2CCCCC2)N(C)C(=O)CN(C)C(=O)CN(C)C1=O. The summed E-state index contributed by atoms with van der Waals surface area (Å²) in [6, 6.07) is -6.04. The number of aromatic nitrogens is 1. The number of nitrogens with one attached hydrogen (secondary N) is 3. The minimum absolute atomic E-state index is 0.000743. The Morgan fingerprint density at radius 3 is 1.84 bits per heavy atom. The molecule has 1 spiro atoms. The monoisotopic (exact) mass is 1510 g/mol. The summed E-state index contributed by atoms with van der Waals surface area (Å²) >= 11 is 7.43. The third kappa shape index (κ3) is 22.1. The smallest absolute Gasteiger partial charge is 0.343 e. The summed E-state index contributed by atoms with van der Waals surface area (Å²) in [4.78, 5) is 197. The molecule has 2 saturated heterocycles. The summed E-state index contributed by atoms with van der Waals surface area (Å²) in [6.07, 6.45) is 5.85. The molecule has 1 aromatic carbocycles. The highest BCUT2D eigenvalue weighted by Gasteiger charge is 2.51. The number of piperidine rings is 1. The molecular formula is C75H113ClF3N13O12S. The number of halogens is 4. The van der Waals surface area contributed by atoms with E-state index in [9.17, 15) is 41.9 Å². The molecule has 0 radical (unpaired) electrons. The lowest BCUT2D eigenvalue weighted by Gasteiger charge is -2.43. The van der Waals surface area contributed by atoms with Gasteiger partial charge in [-0.15, -0.1) is 11.3 Å². The number of nitrogens with zero attached hydrogens (tertiary/aromatic N) is 10. The zero-order valence-electron chi connectivity index (χ0n) is 63.5. The van der Waals surface area contributed by atoms with Crippen molar-refractivity contribution >= 4 is 93.8 Å². The Morgan fingerprint density at radius 1 is 0.648 bits per heavy atom. The first-order chi connectivity index (χ1) is 49.6. The minimum Gasteiger partial charge on any atom is -0.343 e. The molecule has 12 amide bonds. The Morgan fingerprint density at radius 2 is 1.25 bits per heavy atom. The summed E-state index contributed by atoms with van der Waals surface area (Å²) in [7, 11) is 11.3. The number of carbonyl (C=O) groups excluding carboxylic acids is 12. The molecule has 3 heterocycles. The van der Waals surface area contributed by atoms with Gasteiger partial charge in [-0.25, -0.2) is 4.98 Å². The average molecular weight is 1510 g/mol. The largest absolute Gasteiger partial charge is 0.417 e. The Balaban J connectivity index is 1.33. The second-order valence-electron chi connectivity index (χ2n) is 30.6. The van der Waals surface area contributed by atoms with Gasteiger partial charge in [0.15, 0.2) is 0 Å². The van der Waals surface area contributed by atoms with Crippen LogP contribution >= 0.6 is 22.9 Å². The van der Waals surface area contributed by atoms with Crippen molar-refractivity contribution in [1.82, 2.24) is 65.0 Å². The van der Waals surface area contributed by atoms with E-state index in [2.05, 4.69) is 20.9 Å². The van der Waals surface area contributed by atoms with E-state index in [4.69, 9.17) is 11.6 Å². The molecule has 5 aliphatic rings. The number of amides is 12. The maximum atomic E-state index is 15.9. The number of alkyl halides is 3. The number of likely N-dealkylation sites (tertiary alicyclic amines) is 1. The maximum Gasteiger partial charge on any atom is 0.417 e. The van der Waals surface area contributed by atoms with E-state index in [1.165, 1.54) is 93.4 Å². The van der Waals surface area contributed by atoms with Crippen LogP contribution in [0.15, 0.2) is 29.1 Å². The van der Waals surface area contributed by atoms with E-state index in [1.54, 1.807) is 22.7 Å². The maximum absolute atomic E-state index is 15.9. The first kappa shape index (κ1) is 84.8. The molecule has 5 fully saturated rings. The van der Waals surface area contributed by atoms with Gasteiger partial charge >= 0.3 is 6.18 Å². The third-order valence-electron chi connectivity index (χ3n) is 22.5. The quantitative estimate of drug-likeness (QED) is 0.183. The molecule has 3 N–H and O–H groups in total. The average Bonchev–Trinajstić information content (AvgIpc) is 1.76. The van der Waals surface area contributed by atoms with Crippen molar-refractivity contribution in [2.45, 2.75) is 236 Å². The highest BCUT2D eigenvalue weighted by Crippen LogP contribution is 2.38. The lowest BCUT2D eigenvalue weighted by Crippen LogP contribution is -2.66. The van der Waals surface area contributed by atoms with Gasteiger partial charge in [0.25, 0.3) is 0 Å². The first-order valence-electron chi connectivity index (χ1n) is 37.6. The lowest BCUT2D eigenvalue weighted by atomic mass is 9.81. The molecule has 584 valence electrons. The second kappa shape index (κ2) is 38.4. The molecule has 0 bridgehead atoms.